The highest BCUT2D eigenvalue weighted by Crippen LogP contribution is 2.23. The van der Waals surface area contributed by atoms with E-state index in [1.165, 1.54) is 35.6 Å². The van der Waals surface area contributed by atoms with Gasteiger partial charge in [-0.15, -0.1) is 11.3 Å². The number of thiazole rings is 1. The number of benzene rings is 2. The first-order valence-corrected chi connectivity index (χ1v) is 13.3. The van der Waals surface area contributed by atoms with Crippen molar-refractivity contribution in [2.24, 2.45) is 5.92 Å². The molecule has 2 amide bonds. The van der Waals surface area contributed by atoms with E-state index in [9.17, 15) is 18.0 Å². The van der Waals surface area contributed by atoms with Gasteiger partial charge in [-0.25, -0.2) is 13.4 Å². The van der Waals surface area contributed by atoms with Crippen LogP contribution in [0.4, 0.5) is 10.8 Å². The van der Waals surface area contributed by atoms with Crippen LogP contribution >= 0.6 is 11.3 Å². The fourth-order valence-corrected chi connectivity index (χ4v) is 5.51. The van der Waals surface area contributed by atoms with Gasteiger partial charge >= 0.3 is 0 Å². The van der Waals surface area contributed by atoms with E-state index in [1.54, 1.807) is 17.0 Å². The predicted molar refractivity (Wildman–Crippen MR) is 133 cm³/mol. The molecule has 0 spiro atoms. The Bertz CT molecular complexity index is 1280. The number of sulfonamides is 1. The van der Waals surface area contributed by atoms with Crippen LogP contribution in [-0.2, 0) is 14.8 Å². The molecule has 0 unspecified atom stereocenters. The number of nitrogens with zero attached hydrogens (tertiary/aromatic N) is 2. The molecule has 0 bridgehead atoms. The van der Waals surface area contributed by atoms with E-state index in [2.05, 4.69) is 15.0 Å². The monoisotopic (exact) mass is 498 g/mol. The van der Waals surface area contributed by atoms with Gasteiger partial charge in [-0.2, -0.15) is 0 Å². The van der Waals surface area contributed by atoms with Crippen molar-refractivity contribution in [1.82, 2.24) is 9.88 Å². The maximum Gasteiger partial charge on any atom is 0.261 e. The van der Waals surface area contributed by atoms with E-state index in [-0.39, 0.29) is 22.6 Å². The van der Waals surface area contributed by atoms with Crippen molar-refractivity contribution in [2.75, 3.05) is 23.1 Å². The quantitative estimate of drug-likeness (QED) is 0.533. The van der Waals surface area contributed by atoms with Crippen molar-refractivity contribution in [2.45, 2.75) is 31.6 Å². The van der Waals surface area contributed by atoms with Crippen molar-refractivity contribution >= 4 is 44.0 Å². The van der Waals surface area contributed by atoms with Gasteiger partial charge in [-0.05, 0) is 63.1 Å². The third-order valence-electron chi connectivity index (χ3n) is 5.72. The molecular weight excluding hydrogens is 472 g/mol. The average molecular weight is 499 g/mol. The van der Waals surface area contributed by atoms with Crippen molar-refractivity contribution in [1.29, 1.82) is 0 Å². The van der Waals surface area contributed by atoms with Gasteiger partial charge in [0.25, 0.3) is 15.9 Å². The second-order valence-electron chi connectivity index (χ2n) is 8.35. The van der Waals surface area contributed by atoms with Crippen LogP contribution in [0, 0.1) is 19.8 Å². The van der Waals surface area contributed by atoms with E-state index in [0.717, 1.165) is 11.3 Å². The average Bonchev–Trinajstić information content (AvgIpc) is 3.24. The lowest BCUT2D eigenvalue weighted by atomic mass is 9.95. The molecule has 1 fully saturated rings. The molecule has 2 N–H and O–H groups in total. The second-order valence-corrected chi connectivity index (χ2v) is 10.9. The number of carbonyl (C=O) groups excluding carboxylic acids is 2. The van der Waals surface area contributed by atoms with E-state index >= 15 is 0 Å². The Kier molecular flexibility index (Phi) is 6.99. The van der Waals surface area contributed by atoms with Gasteiger partial charge < -0.3 is 10.2 Å². The molecule has 3 aromatic rings. The number of aryl methyl sites for hydroxylation is 2. The van der Waals surface area contributed by atoms with Crippen molar-refractivity contribution in [3.8, 4) is 0 Å². The molecule has 1 aliphatic rings. The molecule has 0 radical (unpaired) electrons. The summed E-state index contributed by atoms with van der Waals surface area (Å²) < 4.78 is 27.9. The molecule has 178 valence electrons. The molecule has 2 aromatic carbocycles. The molecule has 8 nitrogen and oxygen atoms in total. The van der Waals surface area contributed by atoms with E-state index in [4.69, 9.17) is 0 Å². The van der Waals surface area contributed by atoms with Crippen LogP contribution < -0.4 is 10.0 Å². The van der Waals surface area contributed by atoms with Gasteiger partial charge in [0.1, 0.15) is 0 Å². The fourth-order valence-electron chi connectivity index (χ4n) is 3.76. The van der Waals surface area contributed by atoms with E-state index < -0.39 is 10.0 Å². The zero-order valence-electron chi connectivity index (χ0n) is 18.9. The lowest BCUT2D eigenvalue weighted by Crippen LogP contribution is -2.41. The highest BCUT2D eigenvalue weighted by molar-refractivity contribution is 7.92. The molecule has 1 aromatic heterocycles. The topological polar surface area (TPSA) is 108 Å². The zero-order valence-corrected chi connectivity index (χ0v) is 20.6. The van der Waals surface area contributed by atoms with Gasteiger partial charge in [0.15, 0.2) is 5.13 Å². The van der Waals surface area contributed by atoms with Crippen LogP contribution in [0.2, 0.25) is 0 Å². The Labute approximate surface area is 203 Å². The number of carbonyl (C=O) groups is 2. The van der Waals surface area contributed by atoms with Crippen LogP contribution in [0.3, 0.4) is 0 Å². The standard InChI is InChI=1S/C24H26N4O4S2/c1-16-3-7-20(8-4-16)27-34(31,32)21-9-5-19(6-10-21)23(30)28-13-11-18(12-14-28)22(29)26-24-25-17(2)15-33-24/h3-10,15,18,27H,11-14H2,1-2H3,(H,25,26,29). The summed E-state index contributed by atoms with van der Waals surface area (Å²) >= 11 is 1.39. The first-order chi connectivity index (χ1) is 16.2. The largest absolute Gasteiger partial charge is 0.339 e. The summed E-state index contributed by atoms with van der Waals surface area (Å²) in [5.74, 6) is -0.421. The SMILES string of the molecule is Cc1ccc(NS(=O)(=O)c2ccc(C(=O)N3CCC(C(=O)Nc4nc(C)cs4)CC3)cc2)cc1. The molecule has 34 heavy (non-hydrogen) atoms. The first kappa shape index (κ1) is 23.9. The van der Waals surface area contributed by atoms with Crippen molar-refractivity contribution in [3.63, 3.8) is 0 Å². The molecule has 0 saturated carbocycles. The number of anilines is 2. The summed E-state index contributed by atoms with van der Waals surface area (Å²) in [6.45, 7) is 4.72. The molecule has 0 atom stereocenters. The fraction of sp³-hybridized carbons (Fsp3) is 0.292. The highest BCUT2D eigenvalue weighted by Gasteiger charge is 2.28. The van der Waals surface area contributed by atoms with Crippen LogP contribution in [-0.4, -0.2) is 43.2 Å². The number of amides is 2. The Morgan fingerprint density at radius 1 is 1.00 bits per heavy atom. The van der Waals surface area contributed by atoms with Crippen LogP contribution in [0.25, 0.3) is 0 Å². The summed E-state index contributed by atoms with van der Waals surface area (Å²) in [7, 11) is -3.76. The Balaban J connectivity index is 1.34. The van der Waals surface area contributed by atoms with Gasteiger partial charge in [-0.1, -0.05) is 17.7 Å². The molecular formula is C24H26N4O4S2. The first-order valence-electron chi connectivity index (χ1n) is 10.9. The normalized spacial score (nSPS) is 14.6. The number of piperidine rings is 1. The van der Waals surface area contributed by atoms with E-state index in [1.807, 2.05) is 31.4 Å². The van der Waals surface area contributed by atoms with Crippen molar-refractivity contribution in [3.05, 3.63) is 70.7 Å². The number of aromatic nitrogens is 1. The third kappa shape index (κ3) is 5.63. The molecule has 0 aliphatic carbocycles. The molecule has 2 heterocycles. The summed E-state index contributed by atoms with van der Waals surface area (Å²) in [4.78, 5) is 31.4. The summed E-state index contributed by atoms with van der Waals surface area (Å²) in [6.07, 6.45) is 1.13. The summed E-state index contributed by atoms with van der Waals surface area (Å²) in [5.41, 5.74) is 2.79. The molecule has 10 heteroatoms. The molecule has 1 aliphatic heterocycles. The predicted octanol–water partition coefficient (Wildman–Crippen LogP) is 4.05. The minimum atomic E-state index is -3.76. The lowest BCUT2D eigenvalue weighted by Gasteiger charge is -2.31. The van der Waals surface area contributed by atoms with Crippen LogP contribution in [0.5, 0.6) is 0 Å². The van der Waals surface area contributed by atoms with E-state index in [0.29, 0.717) is 42.3 Å². The lowest BCUT2D eigenvalue weighted by molar-refractivity contribution is -0.121. The molecule has 1 saturated heterocycles. The maximum absolute atomic E-state index is 12.9. The number of rotatable bonds is 6. The summed E-state index contributed by atoms with van der Waals surface area (Å²) in [5, 5.41) is 5.32. The Morgan fingerprint density at radius 3 is 2.24 bits per heavy atom. The summed E-state index contributed by atoms with van der Waals surface area (Å²) in [6, 6.07) is 13.0. The number of hydrogen-bond donors (Lipinski definition) is 2. The van der Waals surface area contributed by atoms with Gasteiger partial charge in [0.05, 0.1) is 10.6 Å². The third-order valence-corrected chi connectivity index (χ3v) is 7.99. The minimum absolute atomic E-state index is 0.0721. The van der Waals surface area contributed by atoms with Crippen LogP contribution in [0.15, 0.2) is 58.8 Å². The maximum atomic E-state index is 12.9. The van der Waals surface area contributed by atoms with Crippen molar-refractivity contribution < 1.29 is 18.0 Å². The Morgan fingerprint density at radius 2 is 1.65 bits per heavy atom. The zero-order chi connectivity index (χ0) is 24.3. The van der Waals surface area contributed by atoms with Gasteiger partial charge in [0.2, 0.25) is 5.91 Å². The number of nitrogens with one attached hydrogen (secondary N) is 2. The molecule has 4 rings (SSSR count). The number of hydrogen-bond acceptors (Lipinski definition) is 6. The van der Waals surface area contributed by atoms with Gasteiger partial charge in [-0.3, -0.25) is 14.3 Å². The number of likely N-dealkylation sites (tertiary alicyclic amines) is 1. The Hall–Kier alpha value is -3.24. The second kappa shape index (κ2) is 9.94. The smallest absolute Gasteiger partial charge is 0.261 e. The van der Waals surface area contributed by atoms with Crippen LogP contribution in [0.1, 0.15) is 34.5 Å². The highest BCUT2D eigenvalue weighted by atomic mass is 32.2. The minimum Gasteiger partial charge on any atom is -0.339 e. The van der Waals surface area contributed by atoms with Gasteiger partial charge in [0, 0.05) is 35.6 Å².